The fraction of sp³-hybridized carbons (Fsp3) is 0.143. The molecule has 92 valence electrons. The van der Waals surface area contributed by atoms with E-state index in [0.29, 0.717) is 0 Å². The summed E-state index contributed by atoms with van der Waals surface area (Å²) < 4.78 is 6.86. The van der Waals surface area contributed by atoms with Crippen molar-refractivity contribution in [2.45, 2.75) is 13.0 Å². The number of halogens is 1. The van der Waals surface area contributed by atoms with Crippen molar-refractivity contribution in [2.75, 3.05) is 0 Å². The Hall–Kier alpha value is -1.10. The highest BCUT2D eigenvalue weighted by Crippen LogP contribution is 2.32. The molecule has 4 heteroatoms. The minimum Gasteiger partial charge on any atom is -0.459 e. The Morgan fingerprint density at radius 2 is 2.11 bits per heavy atom. The van der Waals surface area contributed by atoms with E-state index in [0.717, 1.165) is 26.8 Å². The van der Waals surface area contributed by atoms with E-state index in [4.69, 9.17) is 10.2 Å². The van der Waals surface area contributed by atoms with Crippen LogP contribution in [0.1, 0.15) is 22.9 Å². The van der Waals surface area contributed by atoms with Gasteiger partial charge in [0.15, 0.2) is 0 Å². The summed E-state index contributed by atoms with van der Waals surface area (Å²) in [5.41, 5.74) is 9.42. The predicted molar refractivity (Wildman–Crippen MR) is 79.0 cm³/mol. The van der Waals surface area contributed by atoms with Crippen molar-refractivity contribution in [2.24, 2.45) is 5.73 Å². The molecule has 0 fully saturated rings. The highest BCUT2D eigenvalue weighted by atomic mass is 79.9. The number of benzene rings is 1. The number of fused-ring (bicyclic) bond motifs is 1. The van der Waals surface area contributed by atoms with E-state index in [1.54, 1.807) is 11.3 Å². The van der Waals surface area contributed by atoms with Gasteiger partial charge in [0, 0.05) is 20.8 Å². The molecule has 1 unspecified atom stereocenters. The van der Waals surface area contributed by atoms with Gasteiger partial charge in [0.2, 0.25) is 0 Å². The Kier molecular flexibility index (Phi) is 3.01. The van der Waals surface area contributed by atoms with E-state index >= 15 is 0 Å². The maximum atomic E-state index is 6.25. The van der Waals surface area contributed by atoms with E-state index in [1.165, 1.54) is 5.56 Å². The quantitative estimate of drug-likeness (QED) is 0.748. The maximum Gasteiger partial charge on any atom is 0.134 e. The van der Waals surface area contributed by atoms with Gasteiger partial charge in [-0.2, -0.15) is 11.3 Å². The molecule has 0 aliphatic carbocycles. The van der Waals surface area contributed by atoms with Crippen LogP contribution in [0.5, 0.6) is 0 Å². The summed E-state index contributed by atoms with van der Waals surface area (Å²) in [6.07, 6.45) is 0. The normalized spacial score (nSPS) is 13.1. The van der Waals surface area contributed by atoms with E-state index in [-0.39, 0.29) is 6.04 Å². The fourth-order valence-corrected chi connectivity index (χ4v) is 3.58. The molecule has 0 saturated carbocycles. The monoisotopic (exact) mass is 321 g/mol. The van der Waals surface area contributed by atoms with E-state index in [1.807, 2.05) is 29.0 Å². The maximum absolute atomic E-state index is 6.25. The molecule has 2 heterocycles. The zero-order valence-electron chi connectivity index (χ0n) is 9.81. The van der Waals surface area contributed by atoms with Crippen LogP contribution in [0, 0.1) is 6.92 Å². The first-order valence-electron chi connectivity index (χ1n) is 5.62. The van der Waals surface area contributed by atoms with Gasteiger partial charge < -0.3 is 10.2 Å². The molecular weight excluding hydrogens is 310 g/mol. The smallest absolute Gasteiger partial charge is 0.134 e. The van der Waals surface area contributed by atoms with Gasteiger partial charge >= 0.3 is 0 Å². The zero-order valence-corrected chi connectivity index (χ0v) is 12.2. The Balaban J connectivity index is 2.07. The van der Waals surface area contributed by atoms with Crippen molar-refractivity contribution in [3.05, 3.63) is 56.4 Å². The van der Waals surface area contributed by atoms with Crippen LogP contribution >= 0.6 is 27.3 Å². The van der Waals surface area contributed by atoms with Gasteiger partial charge in [0.05, 0.1) is 6.04 Å². The van der Waals surface area contributed by atoms with Crippen molar-refractivity contribution in [3.8, 4) is 0 Å². The predicted octanol–water partition coefficient (Wildman–Crippen LogP) is 4.61. The number of aryl methyl sites for hydroxylation is 1. The van der Waals surface area contributed by atoms with Crippen LogP contribution < -0.4 is 5.73 Å². The fourth-order valence-electron chi connectivity index (χ4n) is 2.00. The Labute approximate surface area is 118 Å². The lowest BCUT2D eigenvalue weighted by atomic mass is 10.1. The summed E-state index contributed by atoms with van der Waals surface area (Å²) in [5.74, 6) is 0.801. The number of furan rings is 1. The molecule has 2 N–H and O–H groups in total. The molecule has 2 nitrogen and oxygen atoms in total. The van der Waals surface area contributed by atoms with Gasteiger partial charge in [-0.15, -0.1) is 0 Å². The molecule has 0 aliphatic rings. The van der Waals surface area contributed by atoms with Crippen LogP contribution in [-0.2, 0) is 0 Å². The van der Waals surface area contributed by atoms with Crippen molar-refractivity contribution >= 4 is 38.2 Å². The molecule has 1 atom stereocenters. The van der Waals surface area contributed by atoms with Gasteiger partial charge in [-0.1, -0.05) is 11.6 Å². The molecule has 3 rings (SSSR count). The molecule has 0 amide bonds. The Morgan fingerprint density at radius 1 is 1.28 bits per heavy atom. The summed E-state index contributed by atoms with van der Waals surface area (Å²) in [7, 11) is 0. The van der Waals surface area contributed by atoms with E-state index in [9.17, 15) is 0 Å². The number of rotatable bonds is 2. The average Bonchev–Trinajstić information content (AvgIpc) is 2.93. The molecule has 1 aromatic carbocycles. The largest absolute Gasteiger partial charge is 0.459 e. The standard InChI is InChI=1S/C14H12BrNOS/c1-8-2-3-12-9(4-8)5-13(17-12)14(16)10-6-18-7-11(10)15/h2-7,14H,16H2,1H3. The lowest BCUT2D eigenvalue weighted by molar-refractivity contribution is 0.525. The number of thiophene rings is 1. The van der Waals surface area contributed by atoms with Crippen LogP contribution in [-0.4, -0.2) is 0 Å². The second-order valence-corrected chi connectivity index (χ2v) is 5.94. The van der Waals surface area contributed by atoms with Crippen molar-refractivity contribution < 1.29 is 4.42 Å². The minimum atomic E-state index is -0.224. The molecule has 2 aromatic heterocycles. The summed E-state index contributed by atoms with van der Waals surface area (Å²) in [5, 5.41) is 5.18. The Morgan fingerprint density at radius 3 is 2.83 bits per heavy atom. The van der Waals surface area contributed by atoms with Gasteiger partial charge in [0.1, 0.15) is 11.3 Å². The SMILES string of the molecule is Cc1ccc2oc(C(N)c3cscc3Br)cc2c1. The third-order valence-electron chi connectivity index (χ3n) is 2.97. The molecule has 0 saturated heterocycles. The second-order valence-electron chi connectivity index (χ2n) is 4.34. The molecular formula is C14H12BrNOS. The summed E-state index contributed by atoms with van der Waals surface area (Å²) in [4.78, 5) is 0. The summed E-state index contributed by atoms with van der Waals surface area (Å²) in [6, 6.07) is 7.94. The second kappa shape index (κ2) is 4.53. The molecule has 0 radical (unpaired) electrons. The van der Waals surface area contributed by atoms with Gasteiger partial charge in [-0.3, -0.25) is 0 Å². The van der Waals surface area contributed by atoms with Crippen molar-refractivity contribution in [3.63, 3.8) is 0 Å². The van der Waals surface area contributed by atoms with Crippen LogP contribution in [0.4, 0.5) is 0 Å². The number of hydrogen-bond acceptors (Lipinski definition) is 3. The Bertz CT molecular complexity index is 701. The lowest BCUT2D eigenvalue weighted by Gasteiger charge is -2.06. The minimum absolute atomic E-state index is 0.224. The first-order valence-corrected chi connectivity index (χ1v) is 7.36. The van der Waals surface area contributed by atoms with Crippen LogP contribution in [0.25, 0.3) is 11.0 Å². The van der Waals surface area contributed by atoms with E-state index < -0.39 is 0 Å². The summed E-state index contributed by atoms with van der Waals surface area (Å²) >= 11 is 5.14. The third-order valence-corrected chi connectivity index (χ3v) is 4.73. The van der Waals surface area contributed by atoms with Gasteiger partial charge in [-0.25, -0.2) is 0 Å². The van der Waals surface area contributed by atoms with Crippen LogP contribution in [0.15, 0.2) is 43.9 Å². The molecule has 0 bridgehead atoms. The zero-order chi connectivity index (χ0) is 12.7. The molecule has 0 spiro atoms. The van der Waals surface area contributed by atoms with Crippen LogP contribution in [0.3, 0.4) is 0 Å². The highest BCUT2D eigenvalue weighted by molar-refractivity contribution is 9.10. The topological polar surface area (TPSA) is 39.2 Å². The van der Waals surface area contributed by atoms with Crippen molar-refractivity contribution in [1.29, 1.82) is 0 Å². The lowest BCUT2D eigenvalue weighted by Crippen LogP contribution is -2.10. The number of nitrogens with two attached hydrogens (primary N) is 1. The first-order chi connectivity index (χ1) is 8.65. The van der Waals surface area contributed by atoms with Crippen LogP contribution in [0.2, 0.25) is 0 Å². The van der Waals surface area contributed by atoms with E-state index in [2.05, 4.69) is 28.9 Å². The summed E-state index contributed by atoms with van der Waals surface area (Å²) in [6.45, 7) is 2.07. The average molecular weight is 322 g/mol. The van der Waals surface area contributed by atoms with Gasteiger partial charge in [-0.05, 0) is 46.4 Å². The first kappa shape index (κ1) is 12.0. The number of hydrogen-bond donors (Lipinski definition) is 1. The molecule has 3 aromatic rings. The highest BCUT2D eigenvalue weighted by Gasteiger charge is 2.17. The molecule has 0 aliphatic heterocycles. The third kappa shape index (κ3) is 2.00. The van der Waals surface area contributed by atoms with Crippen molar-refractivity contribution in [1.82, 2.24) is 0 Å². The molecule has 18 heavy (non-hydrogen) atoms. The van der Waals surface area contributed by atoms with Gasteiger partial charge in [0.25, 0.3) is 0 Å².